The van der Waals surface area contributed by atoms with Crippen LogP contribution in [0.5, 0.6) is 0 Å². The van der Waals surface area contributed by atoms with Crippen molar-refractivity contribution < 1.29 is 19.4 Å². The smallest absolute Gasteiger partial charge is 0.306 e. The second-order valence-corrected chi connectivity index (χ2v) is 12.2. The molecule has 0 radical (unpaired) electrons. The molecule has 0 saturated carbocycles. The zero-order valence-electron chi connectivity index (χ0n) is 25.9. The van der Waals surface area contributed by atoms with Gasteiger partial charge < -0.3 is 9.84 Å². The van der Waals surface area contributed by atoms with Gasteiger partial charge in [-0.3, -0.25) is 9.59 Å². The number of hydrogen-bond donors (Lipinski definition) is 1. The van der Waals surface area contributed by atoms with Crippen molar-refractivity contribution >= 4 is 11.9 Å². The maximum Gasteiger partial charge on any atom is 0.306 e. The third-order valence-corrected chi connectivity index (χ3v) is 7.76. The Morgan fingerprint density at radius 1 is 0.526 bits per heavy atom. The van der Waals surface area contributed by atoms with Crippen molar-refractivity contribution in [3.8, 4) is 0 Å². The molecule has 0 aromatic carbocycles. The van der Waals surface area contributed by atoms with Crippen molar-refractivity contribution in [2.24, 2.45) is 5.92 Å². The number of hydrogen-bond acceptors (Lipinski definition) is 3. The van der Waals surface area contributed by atoms with E-state index in [2.05, 4.69) is 20.8 Å². The maximum atomic E-state index is 12.5. The van der Waals surface area contributed by atoms with E-state index >= 15 is 0 Å². The summed E-state index contributed by atoms with van der Waals surface area (Å²) in [5, 5.41) is 8.68. The van der Waals surface area contributed by atoms with Crippen molar-refractivity contribution in [2.75, 3.05) is 0 Å². The van der Waals surface area contributed by atoms with Crippen molar-refractivity contribution in [2.45, 2.75) is 200 Å². The summed E-state index contributed by atoms with van der Waals surface area (Å²) in [6.45, 7) is 6.88. The Balaban J connectivity index is 4.04. The molecule has 38 heavy (non-hydrogen) atoms. The summed E-state index contributed by atoms with van der Waals surface area (Å²) in [4.78, 5) is 23.1. The Labute approximate surface area is 237 Å². The lowest BCUT2D eigenvalue weighted by Gasteiger charge is -2.18. The molecule has 226 valence electrons. The zero-order chi connectivity index (χ0) is 28.1. The van der Waals surface area contributed by atoms with Crippen LogP contribution in [0, 0.1) is 5.92 Å². The molecule has 0 aromatic rings. The number of unbranched alkanes of at least 4 members (excludes halogenated alkanes) is 19. The van der Waals surface area contributed by atoms with Gasteiger partial charge in [-0.15, -0.1) is 0 Å². The second-order valence-electron chi connectivity index (χ2n) is 12.2. The summed E-state index contributed by atoms with van der Waals surface area (Å²) in [5.74, 6) is 0.131. The van der Waals surface area contributed by atoms with Gasteiger partial charge in [-0.1, -0.05) is 143 Å². The largest absolute Gasteiger partial charge is 0.481 e. The molecule has 1 N–H and O–H groups in total. The molecule has 1 unspecified atom stereocenters. The highest BCUT2D eigenvalue weighted by molar-refractivity contribution is 5.69. The predicted molar refractivity (Wildman–Crippen MR) is 163 cm³/mol. The first-order chi connectivity index (χ1) is 18.5. The molecule has 1 atom stereocenters. The van der Waals surface area contributed by atoms with E-state index in [1.165, 1.54) is 109 Å². The lowest BCUT2D eigenvalue weighted by atomic mass is 10.0. The van der Waals surface area contributed by atoms with Crippen molar-refractivity contribution in [1.29, 1.82) is 0 Å². The van der Waals surface area contributed by atoms with Gasteiger partial charge in [-0.2, -0.15) is 0 Å². The molecule has 0 fully saturated rings. The van der Waals surface area contributed by atoms with Crippen LogP contribution >= 0.6 is 0 Å². The van der Waals surface area contributed by atoms with Crippen LogP contribution < -0.4 is 0 Å². The van der Waals surface area contributed by atoms with Crippen LogP contribution in [0.4, 0.5) is 0 Å². The van der Waals surface area contributed by atoms with Gasteiger partial charge in [0.2, 0.25) is 0 Å². The fourth-order valence-electron chi connectivity index (χ4n) is 5.25. The van der Waals surface area contributed by atoms with Crippen LogP contribution in [0.25, 0.3) is 0 Å². The Morgan fingerprint density at radius 3 is 1.32 bits per heavy atom. The van der Waals surface area contributed by atoms with Crippen LogP contribution in [0.2, 0.25) is 0 Å². The number of carbonyl (C=O) groups is 2. The number of rotatable bonds is 30. The summed E-state index contributed by atoms with van der Waals surface area (Å²) in [7, 11) is 0. The molecular weight excluding hydrogens is 472 g/mol. The molecular formula is C34H66O4. The lowest BCUT2D eigenvalue weighted by Crippen LogP contribution is -2.18. The fourth-order valence-corrected chi connectivity index (χ4v) is 5.25. The summed E-state index contributed by atoms with van der Waals surface area (Å²) < 4.78 is 5.99. The molecule has 0 aliphatic rings. The first kappa shape index (κ1) is 36.9. The third-order valence-electron chi connectivity index (χ3n) is 7.76. The van der Waals surface area contributed by atoms with E-state index in [4.69, 9.17) is 9.84 Å². The third kappa shape index (κ3) is 29.5. The molecule has 0 bridgehead atoms. The molecule has 4 nitrogen and oxygen atoms in total. The normalized spacial score (nSPS) is 12.2. The minimum Gasteiger partial charge on any atom is -0.481 e. The fraction of sp³-hybridized carbons (Fsp3) is 0.941. The van der Waals surface area contributed by atoms with Crippen LogP contribution in [0.3, 0.4) is 0 Å². The van der Waals surface area contributed by atoms with Crippen LogP contribution in [-0.4, -0.2) is 23.1 Å². The highest BCUT2D eigenvalue weighted by Crippen LogP contribution is 2.19. The topological polar surface area (TPSA) is 63.6 Å². The van der Waals surface area contributed by atoms with Crippen LogP contribution in [-0.2, 0) is 14.3 Å². The molecule has 0 aliphatic carbocycles. The lowest BCUT2D eigenvalue weighted by molar-refractivity contribution is -0.150. The highest BCUT2D eigenvalue weighted by Gasteiger charge is 2.14. The molecule has 0 heterocycles. The summed E-state index contributed by atoms with van der Waals surface area (Å²) in [6, 6.07) is 0. The average Bonchev–Trinajstić information content (AvgIpc) is 2.87. The molecule has 0 saturated heterocycles. The van der Waals surface area contributed by atoms with Gasteiger partial charge in [0.05, 0.1) is 0 Å². The molecule has 0 aliphatic heterocycles. The standard InChI is InChI=1S/C34H66O4/c1-4-5-6-7-8-9-12-17-22-27-32(28-23-18-15-16-21-26-31(2)3)38-34(37)30-25-20-14-11-10-13-19-24-29-33(35)36/h31-32H,4-30H2,1-3H3,(H,35,36). The van der Waals surface area contributed by atoms with Crippen molar-refractivity contribution in [1.82, 2.24) is 0 Å². The Kier molecular flexibility index (Phi) is 28.1. The summed E-state index contributed by atoms with van der Waals surface area (Å²) in [6.07, 6.45) is 31.2. The van der Waals surface area contributed by atoms with Crippen LogP contribution in [0.15, 0.2) is 0 Å². The average molecular weight is 539 g/mol. The van der Waals surface area contributed by atoms with E-state index in [9.17, 15) is 9.59 Å². The highest BCUT2D eigenvalue weighted by atomic mass is 16.5. The van der Waals surface area contributed by atoms with Gasteiger partial charge >= 0.3 is 11.9 Å². The molecule has 4 heteroatoms. The SMILES string of the molecule is CCCCCCCCCCCC(CCCCCCCC(C)C)OC(=O)CCCCCCCCCCC(=O)O. The monoisotopic (exact) mass is 538 g/mol. The van der Waals surface area contributed by atoms with Gasteiger partial charge in [-0.25, -0.2) is 0 Å². The molecule has 0 aromatic heterocycles. The predicted octanol–water partition coefficient (Wildman–Crippen LogP) is 11.2. The van der Waals surface area contributed by atoms with E-state index in [1.807, 2.05) is 0 Å². The van der Waals surface area contributed by atoms with Gasteiger partial charge in [0.15, 0.2) is 0 Å². The van der Waals surface area contributed by atoms with E-state index in [0.717, 1.165) is 57.3 Å². The summed E-state index contributed by atoms with van der Waals surface area (Å²) >= 11 is 0. The van der Waals surface area contributed by atoms with Crippen LogP contribution in [0.1, 0.15) is 194 Å². The van der Waals surface area contributed by atoms with Gasteiger partial charge in [0.25, 0.3) is 0 Å². The van der Waals surface area contributed by atoms with Crippen molar-refractivity contribution in [3.05, 3.63) is 0 Å². The zero-order valence-corrected chi connectivity index (χ0v) is 25.9. The van der Waals surface area contributed by atoms with Gasteiger partial charge in [0, 0.05) is 12.8 Å². The van der Waals surface area contributed by atoms with E-state index in [-0.39, 0.29) is 12.1 Å². The summed E-state index contributed by atoms with van der Waals surface area (Å²) in [5.41, 5.74) is 0. The minimum absolute atomic E-state index is 0.0107. The number of carbonyl (C=O) groups excluding carboxylic acids is 1. The van der Waals surface area contributed by atoms with Gasteiger partial charge in [0.1, 0.15) is 6.10 Å². The molecule has 0 amide bonds. The van der Waals surface area contributed by atoms with Crippen molar-refractivity contribution in [3.63, 3.8) is 0 Å². The Bertz CT molecular complexity index is 517. The number of aliphatic carboxylic acids is 1. The Hall–Kier alpha value is -1.06. The minimum atomic E-state index is -0.690. The maximum absolute atomic E-state index is 12.5. The molecule has 0 rings (SSSR count). The number of carboxylic acid groups (broad SMARTS) is 1. The molecule has 0 spiro atoms. The number of carboxylic acids is 1. The first-order valence-corrected chi connectivity index (χ1v) is 16.9. The number of ether oxygens (including phenoxy) is 1. The Morgan fingerprint density at radius 2 is 0.895 bits per heavy atom. The first-order valence-electron chi connectivity index (χ1n) is 16.9. The van der Waals surface area contributed by atoms with E-state index < -0.39 is 5.97 Å². The van der Waals surface area contributed by atoms with Gasteiger partial charge in [-0.05, 0) is 44.4 Å². The second kappa shape index (κ2) is 28.9. The van der Waals surface area contributed by atoms with E-state index in [1.54, 1.807) is 0 Å². The number of esters is 1. The van der Waals surface area contributed by atoms with E-state index in [0.29, 0.717) is 12.8 Å². The quantitative estimate of drug-likeness (QED) is 0.0729.